The monoisotopic (exact) mass is 517 g/mol. The topological polar surface area (TPSA) is 54.7 Å². The Morgan fingerprint density at radius 2 is 1.55 bits per heavy atom. The van der Waals surface area contributed by atoms with Crippen LogP contribution < -0.4 is 19.8 Å². The molecule has 5 nitrogen and oxygen atoms in total. The number of allylic oxidation sites excluding steroid dienone is 2. The van der Waals surface area contributed by atoms with Crippen LogP contribution in [0.3, 0.4) is 0 Å². The summed E-state index contributed by atoms with van der Waals surface area (Å²) < 4.78 is 2.29. The maximum atomic E-state index is 14.1. The van der Waals surface area contributed by atoms with Crippen molar-refractivity contribution in [3.05, 3.63) is 121 Å². The van der Waals surface area contributed by atoms with Gasteiger partial charge in [-0.2, -0.15) is 0 Å². The van der Waals surface area contributed by atoms with Crippen molar-refractivity contribution in [1.29, 1.82) is 0 Å². The van der Waals surface area contributed by atoms with E-state index >= 15 is 0 Å². The first kappa shape index (κ1) is 24.1. The molecular formula is C32H27N3O2S. The lowest BCUT2D eigenvalue weighted by Crippen LogP contribution is -2.39. The first-order chi connectivity index (χ1) is 18.3. The Bertz CT molecular complexity index is 1910. The lowest BCUT2D eigenvalue weighted by atomic mass is 9.93. The van der Waals surface area contributed by atoms with Crippen LogP contribution in [0.25, 0.3) is 27.6 Å². The summed E-state index contributed by atoms with van der Waals surface area (Å²) in [4.78, 5) is 34.3. The van der Waals surface area contributed by atoms with Gasteiger partial charge in [0.2, 0.25) is 0 Å². The number of carbonyl (C=O) groups excluding carboxylic acids is 1. The second kappa shape index (κ2) is 9.23. The number of hydrogen-bond donors (Lipinski definition) is 0. The molecule has 0 saturated carbocycles. The maximum absolute atomic E-state index is 14.1. The van der Waals surface area contributed by atoms with E-state index in [1.807, 2.05) is 80.5 Å². The van der Waals surface area contributed by atoms with Crippen LogP contribution in [0.2, 0.25) is 0 Å². The van der Waals surface area contributed by atoms with E-state index in [-0.39, 0.29) is 11.3 Å². The number of benzene rings is 4. The Kier molecular flexibility index (Phi) is 5.84. The molecule has 1 aliphatic rings. The Balaban J connectivity index is 1.63. The molecular weight excluding hydrogens is 490 g/mol. The van der Waals surface area contributed by atoms with Crippen molar-refractivity contribution < 1.29 is 4.79 Å². The van der Waals surface area contributed by atoms with Gasteiger partial charge in [-0.1, -0.05) is 72.0 Å². The van der Waals surface area contributed by atoms with Crippen LogP contribution in [0, 0.1) is 0 Å². The maximum Gasteiger partial charge on any atom is 0.271 e. The van der Waals surface area contributed by atoms with E-state index in [4.69, 9.17) is 4.99 Å². The molecule has 1 atom stereocenters. The predicted molar refractivity (Wildman–Crippen MR) is 157 cm³/mol. The molecule has 0 spiro atoms. The zero-order valence-electron chi connectivity index (χ0n) is 21.7. The molecule has 0 bridgehead atoms. The molecule has 0 unspecified atom stereocenters. The van der Waals surface area contributed by atoms with Gasteiger partial charge in [0.25, 0.3) is 5.56 Å². The number of Topliss-reactive ketones (excluding diaryl/α,β-unsaturated/α-hetero) is 1. The summed E-state index contributed by atoms with van der Waals surface area (Å²) in [6, 6.07) is 26.2. The summed E-state index contributed by atoms with van der Waals surface area (Å²) in [6.45, 7) is 3.40. The van der Waals surface area contributed by atoms with Crippen LogP contribution in [0.1, 0.15) is 31.0 Å². The zero-order chi connectivity index (χ0) is 26.6. The van der Waals surface area contributed by atoms with E-state index in [1.54, 1.807) is 11.5 Å². The number of fused-ring (bicyclic) bond motifs is 3. The van der Waals surface area contributed by atoms with Crippen LogP contribution in [0.5, 0.6) is 0 Å². The van der Waals surface area contributed by atoms with E-state index < -0.39 is 6.04 Å². The summed E-state index contributed by atoms with van der Waals surface area (Å²) in [5, 5.41) is 4.43. The van der Waals surface area contributed by atoms with E-state index in [0.717, 1.165) is 38.4 Å². The molecule has 6 rings (SSSR count). The Hall–Kier alpha value is -4.29. The van der Waals surface area contributed by atoms with Gasteiger partial charge >= 0.3 is 0 Å². The molecule has 4 aromatic carbocycles. The van der Waals surface area contributed by atoms with Crippen molar-refractivity contribution in [3.63, 3.8) is 0 Å². The third-order valence-electron chi connectivity index (χ3n) is 7.21. The highest BCUT2D eigenvalue weighted by atomic mass is 32.1. The normalized spacial score (nSPS) is 15.6. The summed E-state index contributed by atoms with van der Waals surface area (Å²) >= 11 is 1.37. The molecule has 0 radical (unpaired) electrons. The lowest BCUT2D eigenvalue weighted by molar-refractivity contribution is -0.114. The Morgan fingerprint density at radius 3 is 2.13 bits per heavy atom. The number of nitrogens with zero attached hydrogens (tertiary/aromatic N) is 3. The number of aromatic nitrogens is 1. The molecule has 188 valence electrons. The number of rotatable bonds is 4. The number of carbonyl (C=O) groups is 1. The predicted octanol–water partition coefficient (Wildman–Crippen LogP) is 5.20. The molecule has 5 aromatic rings. The van der Waals surface area contributed by atoms with Gasteiger partial charge in [-0.3, -0.25) is 14.2 Å². The van der Waals surface area contributed by atoms with Crippen LogP contribution in [-0.2, 0) is 4.79 Å². The van der Waals surface area contributed by atoms with Crippen LogP contribution in [0.15, 0.2) is 99.9 Å². The molecule has 0 saturated heterocycles. The minimum atomic E-state index is -0.522. The van der Waals surface area contributed by atoms with Crippen LogP contribution in [-0.4, -0.2) is 24.4 Å². The molecule has 1 aliphatic heterocycles. The van der Waals surface area contributed by atoms with Gasteiger partial charge in [0, 0.05) is 31.1 Å². The van der Waals surface area contributed by atoms with Crippen molar-refractivity contribution in [1.82, 2.24) is 4.57 Å². The Labute approximate surface area is 224 Å². The molecule has 38 heavy (non-hydrogen) atoms. The lowest BCUT2D eigenvalue weighted by Gasteiger charge is -2.25. The fraction of sp³-hybridized carbons (Fsp3) is 0.156. The van der Waals surface area contributed by atoms with Gasteiger partial charge in [-0.25, -0.2) is 4.99 Å². The number of ketones is 1. The smallest absolute Gasteiger partial charge is 0.271 e. The summed E-state index contributed by atoms with van der Waals surface area (Å²) in [7, 11) is 3.97. The fourth-order valence-electron chi connectivity index (χ4n) is 5.38. The standard InChI is InChI=1S/C32H27N3O2S/c1-19-29(20(2)36)30(21-13-15-24(16-14-21)34(3)4)35-31(37)28(38-32(35)33-19)18-27-25-11-7-5-9-22(25)17-23-10-6-8-12-26(23)27/h5-18,30H,1-4H3/b28-18-/t30-/m1/s1. The average Bonchev–Trinajstić information content (AvgIpc) is 3.21. The van der Waals surface area contributed by atoms with E-state index in [1.165, 1.54) is 11.3 Å². The minimum Gasteiger partial charge on any atom is -0.378 e. The third kappa shape index (κ3) is 3.89. The highest BCUT2D eigenvalue weighted by molar-refractivity contribution is 7.07. The van der Waals surface area contributed by atoms with Gasteiger partial charge in [0.05, 0.1) is 10.6 Å². The van der Waals surface area contributed by atoms with Crippen molar-refractivity contribution in [2.75, 3.05) is 19.0 Å². The second-order valence-electron chi connectivity index (χ2n) is 9.86. The molecule has 1 aromatic heterocycles. The first-order valence-corrected chi connectivity index (χ1v) is 13.4. The SMILES string of the molecule is CC(=O)C1=C(C)N=c2s/c(=C\c3c4ccccc4cc4ccccc34)c(=O)n2[C@@H]1c1ccc(N(C)C)cc1. The van der Waals surface area contributed by atoms with Crippen molar-refractivity contribution >= 4 is 50.4 Å². The van der Waals surface area contributed by atoms with Crippen LogP contribution in [0.4, 0.5) is 5.69 Å². The molecule has 0 aliphatic carbocycles. The van der Waals surface area contributed by atoms with Gasteiger partial charge in [0.1, 0.15) is 0 Å². The largest absolute Gasteiger partial charge is 0.378 e. The van der Waals surface area contributed by atoms with Crippen molar-refractivity contribution in [2.24, 2.45) is 4.99 Å². The molecule has 6 heteroatoms. The van der Waals surface area contributed by atoms with Gasteiger partial charge in [0.15, 0.2) is 10.6 Å². The number of hydrogen-bond acceptors (Lipinski definition) is 5. The molecule has 2 heterocycles. The summed E-state index contributed by atoms with van der Waals surface area (Å²) in [5.74, 6) is -0.0812. The van der Waals surface area contributed by atoms with E-state index in [9.17, 15) is 9.59 Å². The number of anilines is 1. The zero-order valence-corrected chi connectivity index (χ0v) is 22.5. The number of thiazole rings is 1. The Morgan fingerprint density at radius 1 is 0.947 bits per heavy atom. The molecule has 0 fully saturated rings. The second-order valence-corrected chi connectivity index (χ2v) is 10.9. The van der Waals surface area contributed by atoms with E-state index in [0.29, 0.717) is 20.6 Å². The van der Waals surface area contributed by atoms with Gasteiger partial charge in [-0.05, 0) is 70.8 Å². The van der Waals surface area contributed by atoms with Crippen molar-refractivity contribution in [2.45, 2.75) is 19.9 Å². The van der Waals surface area contributed by atoms with Crippen LogP contribution >= 0.6 is 11.3 Å². The average molecular weight is 518 g/mol. The first-order valence-electron chi connectivity index (χ1n) is 12.5. The molecule has 0 amide bonds. The van der Waals surface area contributed by atoms with Gasteiger partial charge < -0.3 is 4.90 Å². The summed E-state index contributed by atoms with van der Waals surface area (Å²) in [5.41, 5.74) is 4.02. The highest BCUT2D eigenvalue weighted by Gasteiger charge is 2.30. The highest BCUT2D eigenvalue weighted by Crippen LogP contribution is 2.32. The van der Waals surface area contributed by atoms with Gasteiger partial charge in [-0.15, -0.1) is 0 Å². The minimum absolute atomic E-state index is 0.0812. The third-order valence-corrected chi connectivity index (χ3v) is 8.20. The van der Waals surface area contributed by atoms with E-state index in [2.05, 4.69) is 30.3 Å². The molecule has 0 N–H and O–H groups in total. The fourth-order valence-corrected chi connectivity index (χ4v) is 6.40. The quantitative estimate of drug-likeness (QED) is 0.308. The summed E-state index contributed by atoms with van der Waals surface area (Å²) in [6.07, 6.45) is 1.99. The van der Waals surface area contributed by atoms with Crippen molar-refractivity contribution in [3.8, 4) is 0 Å².